The summed E-state index contributed by atoms with van der Waals surface area (Å²) >= 11 is 0. The lowest BCUT2D eigenvalue weighted by Gasteiger charge is -2.40. The summed E-state index contributed by atoms with van der Waals surface area (Å²) in [5.41, 5.74) is 6.07. The van der Waals surface area contributed by atoms with Gasteiger partial charge in [-0.25, -0.2) is 18.8 Å². The number of carbonyl (C=O) groups excluding carboxylic acids is 1. The number of carbonyl (C=O) groups is 1. The van der Waals surface area contributed by atoms with Crippen molar-refractivity contribution in [1.29, 1.82) is 0 Å². The molecule has 17 heteroatoms. The number of Topliss-reactive ketones (excluding diaryl/α,β-unsaturated/α-hetero) is 1. The molecule has 7 aromatic rings. The number of oxazole rings is 3. The van der Waals surface area contributed by atoms with Crippen LogP contribution in [0, 0.1) is 5.82 Å². The number of benzene rings is 4. The molecule has 0 radical (unpaired) electrons. The Bertz CT molecular complexity index is 3270. The van der Waals surface area contributed by atoms with Crippen LogP contribution < -0.4 is 22.2 Å². The molecule has 2 aliphatic carbocycles. The lowest BCUT2D eigenvalue weighted by atomic mass is 9.94. The molecule has 4 aromatic carbocycles. The molecule has 0 atom stereocenters. The average molecular weight is 1130 g/mol. The Labute approximate surface area is 482 Å². The monoisotopic (exact) mass is 1130 g/mol. The first kappa shape index (κ1) is 59.1. The zero-order valence-corrected chi connectivity index (χ0v) is 48.6. The molecule has 3 saturated heterocycles. The van der Waals surface area contributed by atoms with Crippen molar-refractivity contribution >= 4 is 44.8 Å². The fraction of sp³-hybridized carbons (Fsp3) is 0.569. The van der Waals surface area contributed by atoms with Crippen LogP contribution >= 0.6 is 0 Å². The minimum atomic E-state index is -0.332. The third kappa shape index (κ3) is 15.7. The summed E-state index contributed by atoms with van der Waals surface area (Å²) in [7, 11) is 0. The predicted octanol–water partition coefficient (Wildman–Crippen LogP) is 10.2. The van der Waals surface area contributed by atoms with Crippen LogP contribution in [-0.2, 0) is 19.6 Å². The average Bonchev–Trinajstić information content (AvgIpc) is 4.20. The smallest absolute Gasteiger partial charge is 0.408 e. The van der Waals surface area contributed by atoms with Gasteiger partial charge in [0.2, 0.25) is 0 Å². The van der Waals surface area contributed by atoms with Gasteiger partial charge >= 0.3 is 17.3 Å². The lowest BCUT2D eigenvalue weighted by molar-refractivity contribution is 0.0780. The molecule has 12 rings (SSSR count). The minimum Gasteiger partial charge on any atom is -0.408 e. The number of aromatic nitrogens is 3. The van der Waals surface area contributed by atoms with Crippen LogP contribution in [0.25, 0.3) is 33.3 Å². The van der Waals surface area contributed by atoms with E-state index in [2.05, 4.69) is 29.4 Å². The third-order valence-electron chi connectivity index (χ3n) is 18.1. The standard InChI is InChI=1S/C23H33N3O3.C21H24FN3O2.C21H31N3O2/c1-18(27)19-9-10-21-22(17-19)29-23(28)26(21)12-6-5-11-24-13-15-25(16-14-24)20-7-3-2-4-8-20;22-17-7-9-18(10-8-17)24-15-13-23(14-16-24)11-3-4-12-25-19-5-1-2-6-20(19)27-21(25)26;25-21-24(19-10-4-5-11-20(19)26-21)13-7-6-12-22-14-16-23(17-15-22)18-8-2-1-3-9-18/h9-10,17,20H,2-8,11-16H2,1H3;1-2,5-10H,3-4,11-16H2;4-5,10-11,18H,1-3,6-9,12-17H2. The number of aryl methyl sites for hydroxylation is 3. The lowest BCUT2D eigenvalue weighted by Crippen LogP contribution is -2.50. The van der Waals surface area contributed by atoms with Crippen LogP contribution in [0.5, 0.6) is 0 Å². The van der Waals surface area contributed by atoms with E-state index >= 15 is 0 Å². The van der Waals surface area contributed by atoms with Gasteiger partial charge in [0, 0.05) is 122 Å². The second kappa shape index (κ2) is 29.4. The highest BCUT2D eigenvalue weighted by Gasteiger charge is 2.27. The van der Waals surface area contributed by atoms with Gasteiger partial charge in [-0.3, -0.25) is 33.2 Å². The maximum Gasteiger partial charge on any atom is 0.419 e. The maximum absolute atomic E-state index is 13.0. The van der Waals surface area contributed by atoms with Crippen molar-refractivity contribution < 1.29 is 22.4 Å². The highest BCUT2D eigenvalue weighted by atomic mass is 19.1. The number of ketones is 1. The quantitative estimate of drug-likeness (QED) is 0.0561. The van der Waals surface area contributed by atoms with Crippen LogP contribution in [0.15, 0.2) is 119 Å². The summed E-state index contributed by atoms with van der Waals surface area (Å²) in [6.07, 6.45) is 20.3. The van der Waals surface area contributed by atoms with Gasteiger partial charge in [0.05, 0.1) is 16.6 Å². The Morgan fingerprint density at radius 2 is 0.817 bits per heavy atom. The molecule has 0 N–H and O–H groups in total. The van der Waals surface area contributed by atoms with Crippen molar-refractivity contribution in [2.24, 2.45) is 0 Å². The Hall–Kier alpha value is -6.11. The van der Waals surface area contributed by atoms with E-state index in [9.17, 15) is 23.6 Å². The second-order valence-electron chi connectivity index (χ2n) is 23.5. The van der Waals surface area contributed by atoms with Crippen LogP contribution in [0.2, 0.25) is 0 Å². The van der Waals surface area contributed by atoms with E-state index in [4.69, 9.17) is 13.3 Å². The molecule has 442 valence electrons. The van der Waals surface area contributed by atoms with Crippen LogP contribution in [0.4, 0.5) is 10.1 Å². The Kier molecular flexibility index (Phi) is 21.2. The Morgan fingerprint density at radius 3 is 1.24 bits per heavy atom. The number of anilines is 1. The first-order chi connectivity index (χ1) is 40.1. The molecule has 3 aliphatic heterocycles. The fourth-order valence-electron chi connectivity index (χ4n) is 13.2. The molecule has 16 nitrogen and oxygen atoms in total. The summed E-state index contributed by atoms with van der Waals surface area (Å²) in [6, 6.07) is 28.9. The van der Waals surface area contributed by atoms with Gasteiger partial charge < -0.3 is 28.0 Å². The minimum absolute atomic E-state index is 0.0223. The number of fused-ring (bicyclic) bond motifs is 3. The largest absolute Gasteiger partial charge is 0.419 e. The van der Waals surface area contributed by atoms with Gasteiger partial charge in [0.25, 0.3) is 0 Å². The number of hydrogen-bond donors (Lipinski definition) is 0. The van der Waals surface area contributed by atoms with Gasteiger partial charge in [0.15, 0.2) is 22.5 Å². The summed E-state index contributed by atoms with van der Waals surface area (Å²) in [5.74, 6) is -1.05. The molecular formula is C65H88FN9O7. The number of nitrogens with zero attached hydrogens (tertiary/aromatic N) is 9. The van der Waals surface area contributed by atoms with Crippen molar-refractivity contribution in [1.82, 2.24) is 38.2 Å². The highest BCUT2D eigenvalue weighted by molar-refractivity contribution is 5.96. The third-order valence-corrected chi connectivity index (χ3v) is 18.1. The summed E-state index contributed by atoms with van der Waals surface area (Å²) < 4.78 is 34.2. The normalized spacial score (nSPS) is 18.7. The number of unbranched alkanes of at least 4 members (excludes halogenated alkanes) is 3. The van der Waals surface area contributed by atoms with Gasteiger partial charge in [-0.05, 0) is 157 Å². The molecule has 5 aliphatic rings. The molecule has 82 heavy (non-hydrogen) atoms. The number of piperazine rings is 3. The van der Waals surface area contributed by atoms with E-state index in [1.807, 2.05) is 66.7 Å². The van der Waals surface area contributed by atoms with Crippen molar-refractivity contribution in [3.8, 4) is 0 Å². The first-order valence-electron chi connectivity index (χ1n) is 31.1. The highest BCUT2D eigenvalue weighted by Crippen LogP contribution is 2.26. The van der Waals surface area contributed by atoms with Crippen molar-refractivity contribution in [3.63, 3.8) is 0 Å². The summed E-state index contributed by atoms with van der Waals surface area (Å²) in [6.45, 7) is 20.4. The van der Waals surface area contributed by atoms with E-state index in [0.717, 1.165) is 125 Å². The van der Waals surface area contributed by atoms with Crippen molar-refractivity contribution in [2.45, 2.75) is 141 Å². The molecule has 5 fully saturated rings. The molecule has 0 bridgehead atoms. The van der Waals surface area contributed by atoms with E-state index in [1.165, 1.54) is 136 Å². The number of para-hydroxylation sites is 4. The molecule has 3 aromatic heterocycles. The molecular weight excluding hydrogens is 1040 g/mol. The number of hydrogen-bond acceptors (Lipinski definition) is 13. The van der Waals surface area contributed by atoms with E-state index in [0.29, 0.717) is 35.4 Å². The molecule has 0 spiro atoms. The van der Waals surface area contributed by atoms with Gasteiger partial charge in [-0.1, -0.05) is 62.8 Å². The number of halogens is 1. The van der Waals surface area contributed by atoms with Gasteiger partial charge in [-0.15, -0.1) is 0 Å². The van der Waals surface area contributed by atoms with E-state index < -0.39 is 0 Å². The molecule has 6 heterocycles. The molecule has 2 saturated carbocycles. The fourth-order valence-corrected chi connectivity index (χ4v) is 13.2. The number of rotatable bonds is 19. The summed E-state index contributed by atoms with van der Waals surface area (Å²) in [4.78, 5) is 63.0. The zero-order valence-electron chi connectivity index (χ0n) is 48.6. The van der Waals surface area contributed by atoms with E-state index in [1.54, 1.807) is 25.8 Å². The van der Waals surface area contributed by atoms with Gasteiger partial charge in [0.1, 0.15) is 5.82 Å². The van der Waals surface area contributed by atoms with Crippen molar-refractivity contribution in [2.75, 3.05) is 103 Å². The maximum atomic E-state index is 13.0. The topological polar surface area (TPSA) is 142 Å². The zero-order chi connectivity index (χ0) is 56.6. The molecule has 0 unspecified atom stereocenters. The first-order valence-corrected chi connectivity index (χ1v) is 31.1. The van der Waals surface area contributed by atoms with Crippen LogP contribution in [0.1, 0.15) is 120 Å². The summed E-state index contributed by atoms with van der Waals surface area (Å²) in [5, 5.41) is 0. The van der Waals surface area contributed by atoms with Gasteiger partial charge in [-0.2, -0.15) is 0 Å². The van der Waals surface area contributed by atoms with Crippen LogP contribution in [0.3, 0.4) is 0 Å². The molecule has 0 amide bonds. The Morgan fingerprint density at radius 1 is 0.439 bits per heavy atom. The van der Waals surface area contributed by atoms with Crippen molar-refractivity contribution in [3.05, 3.63) is 134 Å². The predicted molar refractivity (Wildman–Crippen MR) is 324 cm³/mol. The van der Waals surface area contributed by atoms with E-state index in [-0.39, 0.29) is 28.9 Å². The SMILES string of the molecule is CC(=O)c1ccc2c(c1)oc(=O)n2CCCCN1CCN(C2CCCCC2)CC1.O=c1oc2ccccc2n1CCCCN1CCN(C2CCCCC2)CC1.O=c1oc2ccccc2n1CCCCN1CCN(c2ccc(F)cc2)CC1. The second-order valence-corrected chi connectivity index (χ2v) is 23.5. The Balaban J connectivity index is 0.000000138. The van der Waals surface area contributed by atoms with Crippen LogP contribution in [-0.4, -0.2) is 154 Å².